The molecule has 0 spiro atoms. The van der Waals surface area contributed by atoms with Gasteiger partial charge in [-0.15, -0.1) is 0 Å². The first-order valence-corrected chi connectivity index (χ1v) is 10.4. The lowest BCUT2D eigenvalue weighted by atomic mass is 10.1. The van der Waals surface area contributed by atoms with Crippen LogP contribution in [0.15, 0.2) is 72.9 Å². The van der Waals surface area contributed by atoms with Crippen molar-refractivity contribution in [3.63, 3.8) is 0 Å². The van der Waals surface area contributed by atoms with Crippen LogP contribution in [0.5, 0.6) is 0 Å². The van der Waals surface area contributed by atoms with Crippen molar-refractivity contribution in [2.24, 2.45) is 0 Å². The monoisotopic (exact) mass is 398 g/mol. The Morgan fingerprint density at radius 1 is 1.03 bits per heavy atom. The molecule has 0 fully saturated rings. The third-order valence-electron chi connectivity index (χ3n) is 5.17. The Hall–Kier alpha value is -3.47. The molecule has 30 heavy (non-hydrogen) atoms. The fourth-order valence-electron chi connectivity index (χ4n) is 3.69. The van der Waals surface area contributed by atoms with E-state index < -0.39 is 0 Å². The number of nitrogens with zero attached hydrogens (tertiary/aromatic N) is 3. The Morgan fingerprint density at radius 2 is 1.90 bits per heavy atom. The van der Waals surface area contributed by atoms with Gasteiger partial charge in [-0.25, -0.2) is 4.98 Å². The van der Waals surface area contributed by atoms with Crippen molar-refractivity contribution in [2.45, 2.75) is 32.7 Å². The first-order chi connectivity index (χ1) is 14.7. The molecule has 0 aliphatic carbocycles. The predicted molar refractivity (Wildman–Crippen MR) is 119 cm³/mol. The molecule has 5 heteroatoms. The van der Waals surface area contributed by atoms with E-state index in [0.29, 0.717) is 19.5 Å². The van der Waals surface area contributed by atoms with Crippen LogP contribution >= 0.6 is 0 Å². The maximum Gasteiger partial charge on any atom is 0.221 e. The summed E-state index contributed by atoms with van der Waals surface area (Å²) in [6, 6.07) is 22.4. The number of fused-ring (bicyclic) bond motifs is 1. The van der Waals surface area contributed by atoms with Crippen LogP contribution in [0.3, 0.4) is 0 Å². The SMILES string of the molecule is Cc1cccc(Cc2nc3ccccc3n2CCC(=O)NCCc2ccccn2)c1. The van der Waals surface area contributed by atoms with E-state index in [-0.39, 0.29) is 5.91 Å². The molecular formula is C25H26N4O. The van der Waals surface area contributed by atoms with Crippen molar-refractivity contribution >= 4 is 16.9 Å². The molecule has 5 nitrogen and oxygen atoms in total. The van der Waals surface area contributed by atoms with Crippen LogP contribution in [-0.2, 0) is 24.2 Å². The number of carbonyl (C=O) groups is 1. The van der Waals surface area contributed by atoms with Crippen LogP contribution in [0.2, 0.25) is 0 Å². The molecule has 0 bridgehead atoms. The van der Waals surface area contributed by atoms with Gasteiger partial charge in [-0.3, -0.25) is 9.78 Å². The summed E-state index contributed by atoms with van der Waals surface area (Å²) >= 11 is 0. The number of aryl methyl sites for hydroxylation is 2. The van der Waals surface area contributed by atoms with Gasteiger partial charge in [-0.1, -0.05) is 48.0 Å². The van der Waals surface area contributed by atoms with Gasteiger partial charge in [-0.05, 0) is 36.8 Å². The highest BCUT2D eigenvalue weighted by Gasteiger charge is 2.12. The first kappa shape index (κ1) is 19.8. The number of imidazole rings is 1. The summed E-state index contributed by atoms with van der Waals surface area (Å²) in [4.78, 5) is 21.5. The number of hydrogen-bond acceptors (Lipinski definition) is 3. The quantitative estimate of drug-likeness (QED) is 0.487. The highest BCUT2D eigenvalue weighted by molar-refractivity contribution is 5.78. The minimum Gasteiger partial charge on any atom is -0.356 e. The zero-order valence-electron chi connectivity index (χ0n) is 17.2. The van der Waals surface area contributed by atoms with Crippen LogP contribution in [-0.4, -0.2) is 27.0 Å². The largest absolute Gasteiger partial charge is 0.356 e. The summed E-state index contributed by atoms with van der Waals surface area (Å²) < 4.78 is 2.18. The normalized spacial score (nSPS) is 11.0. The van der Waals surface area contributed by atoms with Crippen LogP contribution in [0.1, 0.15) is 29.1 Å². The summed E-state index contributed by atoms with van der Waals surface area (Å²) in [6.07, 6.45) is 3.68. The number of carbonyl (C=O) groups excluding carboxylic acids is 1. The van der Waals surface area contributed by atoms with Crippen LogP contribution in [0.4, 0.5) is 0 Å². The highest BCUT2D eigenvalue weighted by Crippen LogP contribution is 2.19. The van der Waals surface area contributed by atoms with Crippen LogP contribution in [0.25, 0.3) is 11.0 Å². The van der Waals surface area contributed by atoms with Crippen LogP contribution < -0.4 is 5.32 Å². The molecule has 0 aliphatic heterocycles. The molecule has 0 aliphatic rings. The Kier molecular flexibility index (Phi) is 6.18. The molecule has 0 saturated carbocycles. The van der Waals surface area contributed by atoms with Crippen molar-refractivity contribution in [3.8, 4) is 0 Å². The van der Waals surface area contributed by atoms with Crippen molar-refractivity contribution in [1.29, 1.82) is 0 Å². The number of amides is 1. The predicted octanol–water partition coefficient (Wildman–Crippen LogP) is 4.08. The average molecular weight is 399 g/mol. The number of benzene rings is 2. The number of rotatable bonds is 8. The van der Waals surface area contributed by atoms with E-state index in [4.69, 9.17) is 4.98 Å². The van der Waals surface area contributed by atoms with Gasteiger partial charge in [0.15, 0.2) is 0 Å². The summed E-state index contributed by atoms with van der Waals surface area (Å²) in [5.74, 6) is 1.04. The molecule has 1 N–H and O–H groups in total. The maximum absolute atomic E-state index is 12.4. The summed E-state index contributed by atoms with van der Waals surface area (Å²) in [7, 11) is 0. The number of pyridine rings is 1. The fourth-order valence-corrected chi connectivity index (χ4v) is 3.69. The molecule has 0 atom stereocenters. The second-order valence-corrected chi connectivity index (χ2v) is 7.51. The number of para-hydroxylation sites is 2. The lowest BCUT2D eigenvalue weighted by Crippen LogP contribution is -2.27. The van der Waals surface area contributed by atoms with Crippen molar-refractivity contribution in [3.05, 3.63) is 95.6 Å². The second-order valence-electron chi connectivity index (χ2n) is 7.51. The van der Waals surface area contributed by atoms with Crippen molar-refractivity contribution in [1.82, 2.24) is 19.9 Å². The fraction of sp³-hybridized carbons (Fsp3) is 0.240. The molecule has 1 amide bonds. The zero-order valence-corrected chi connectivity index (χ0v) is 17.2. The van der Waals surface area contributed by atoms with E-state index in [2.05, 4.69) is 52.1 Å². The molecule has 2 aromatic carbocycles. The molecule has 152 valence electrons. The molecule has 0 saturated heterocycles. The third-order valence-corrected chi connectivity index (χ3v) is 5.17. The Bertz CT molecular complexity index is 1130. The van der Waals surface area contributed by atoms with Gasteiger partial charge in [0.05, 0.1) is 11.0 Å². The minimum atomic E-state index is 0.0465. The lowest BCUT2D eigenvalue weighted by Gasteiger charge is -2.10. The molecule has 4 aromatic rings. The average Bonchev–Trinajstić information content (AvgIpc) is 3.10. The van der Waals surface area contributed by atoms with Crippen molar-refractivity contribution < 1.29 is 4.79 Å². The first-order valence-electron chi connectivity index (χ1n) is 10.4. The minimum absolute atomic E-state index is 0.0465. The maximum atomic E-state index is 12.4. The van der Waals surface area contributed by atoms with Gasteiger partial charge < -0.3 is 9.88 Å². The third kappa shape index (κ3) is 4.92. The zero-order chi connectivity index (χ0) is 20.8. The van der Waals surface area contributed by atoms with Gasteiger partial charge in [0.2, 0.25) is 5.91 Å². The number of hydrogen-bond donors (Lipinski definition) is 1. The molecule has 0 radical (unpaired) electrons. The Labute approximate surface area is 176 Å². The molecule has 2 heterocycles. The van der Waals surface area contributed by atoms with Gasteiger partial charge in [0.25, 0.3) is 0 Å². The van der Waals surface area contributed by atoms with E-state index in [9.17, 15) is 4.79 Å². The van der Waals surface area contributed by atoms with E-state index in [1.165, 1.54) is 11.1 Å². The van der Waals surface area contributed by atoms with E-state index >= 15 is 0 Å². The van der Waals surface area contributed by atoms with Gasteiger partial charge in [0.1, 0.15) is 5.82 Å². The second kappa shape index (κ2) is 9.35. The van der Waals surface area contributed by atoms with E-state index in [1.807, 2.05) is 36.4 Å². The molecule has 4 rings (SSSR count). The topological polar surface area (TPSA) is 59.8 Å². The van der Waals surface area contributed by atoms with Gasteiger partial charge in [-0.2, -0.15) is 0 Å². The number of nitrogens with one attached hydrogen (secondary N) is 1. The summed E-state index contributed by atoms with van der Waals surface area (Å²) in [5.41, 5.74) is 5.49. The highest BCUT2D eigenvalue weighted by atomic mass is 16.1. The number of aromatic nitrogens is 3. The Balaban J connectivity index is 1.43. The molecular weight excluding hydrogens is 372 g/mol. The molecule has 0 unspecified atom stereocenters. The van der Waals surface area contributed by atoms with E-state index in [0.717, 1.165) is 35.4 Å². The van der Waals surface area contributed by atoms with Crippen molar-refractivity contribution in [2.75, 3.05) is 6.54 Å². The smallest absolute Gasteiger partial charge is 0.221 e. The standard InChI is InChI=1S/C25H26N4O/c1-19-7-6-8-20(17-19)18-24-28-22-10-2-3-11-23(22)29(24)16-13-25(30)27-15-12-21-9-4-5-14-26-21/h2-11,14,17H,12-13,15-16,18H2,1H3,(H,27,30). The molecule has 2 aromatic heterocycles. The summed E-state index contributed by atoms with van der Waals surface area (Å²) in [6.45, 7) is 3.30. The van der Waals surface area contributed by atoms with Crippen LogP contribution in [0, 0.1) is 6.92 Å². The van der Waals surface area contributed by atoms with E-state index in [1.54, 1.807) is 6.20 Å². The Morgan fingerprint density at radius 3 is 2.73 bits per heavy atom. The summed E-state index contributed by atoms with van der Waals surface area (Å²) in [5, 5.41) is 3.01. The lowest BCUT2D eigenvalue weighted by molar-refractivity contribution is -0.121. The van der Waals surface area contributed by atoms with Gasteiger partial charge in [0, 0.05) is 44.2 Å². The van der Waals surface area contributed by atoms with Gasteiger partial charge >= 0.3 is 0 Å².